The second-order valence-electron chi connectivity index (χ2n) is 4.41. The molecule has 1 aliphatic heterocycles. The van der Waals surface area contributed by atoms with Crippen molar-refractivity contribution in [1.82, 2.24) is 24.7 Å². The molecule has 0 amide bonds. The van der Waals surface area contributed by atoms with Crippen LogP contribution in [0.25, 0.3) is 11.4 Å². The van der Waals surface area contributed by atoms with Crippen LogP contribution in [0, 0.1) is 0 Å². The molecule has 0 aliphatic carbocycles. The molecule has 0 unspecified atom stereocenters. The Morgan fingerprint density at radius 1 is 1.25 bits per heavy atom. The summed E-state index contributed by atoms with van der Waals surface area (Å²) in [5, 5.41) is 4.42. The molecule has 3 heterocycles. The minimum atomic E-state index is 0.195. The molecule has 20 heavy (non-hydrogen) atoms. The number of hydrogen-bond donors (Lipinski definition) is 0. The number of aryl methyl sites for hydroxylation is 1. The first kappa shape index (κ1) is 13.3. The summed E-state index contributed by atoms with van der Waals surface area (Å²) in [5.74, 6) is 1.14. The SMILES string of the molecule is CCn1cc(-c2nc(Cl)nc(N3CCOCC3)n2)cn1. The van der Waals surface area contributed by atoms with Gasteiger partial charge in [0.2, 0.25) is 11.2 Å². The van der Waals surface area contributed by atoms with E-state index in [4.69, 9.17) is 16.3 Å². The van der Waals surface area contributed by atoms with Crippen LogP contribution in [0.15, 0.2) is 12.4 Å². The number of rotatable bonds is 3. The van der Waals surface area contributed by atoms with Crippen molar-refractivity contribution in [1.29, 1.82) is 0 Å². The van der Waals surface area contributed by atoms with E-state index < -0.39 is 0 Å². The fourth-order valence-corrected chi connectivity index (χ4v) is 2.18. The van der Waals surface area contributed by atoms with Crippen molar-refractivity contribution >= 4 is 17.5 Å². The molecule has 0 atom stereocenters. The normalized spacial score (nSPS) is 15.6. The third-order valence-corrected chi connectivity index (χ3v) is 3.27. The highest BCUT2D eigenvalue weighted by Gasteiger charge is 2.17. The van der Waals surface area contributed by atoms with E-state index in [-0.39, 0.29) is 5.28 Å². The molecule has 0 aromatic carbocycles. The first-order chi connectivity index (χ1) is 9.76. The summed E-state index contributed by atoms with van der Waals surface area (Å²) in [5.41, 5.74) is 0.839. The van der Waals surface area contributed by atoms with Gasteiger partial charge in [-0.05, 0) is 18.5 Å². The van der Waals surface area contributed by atoms with Gasteiger partial charge in [0.25, 0.3) is 0 Å². The van der Waals surface area contributed by atoms with Crippen LogP contribution < -0.4 is 4.90 Å². The van der Waals surface area contributed by atoms with Crippen molar-refractivity contribution < 1.29 is 4.74 Å². The molecular weight excluding hydrogens is 280 g/mol. The molecule has 3 rings (SSSR count). The zero-order valence-corrected chi connectivity index (χ0v) is 11.9. The maximum Gasteiger partial charge on any atom is 0.230 e. The van der Waals surface area contributed by atoms with Crippen molar-refractivity contribution in [2.45, 2.75) is 13.5 Å². The molecule has 0 saturated carbocycles. The highest BCUT2D eigenvalue weighted by Crippen LogP contribution is 2.19. The number of aromatic nitrogens is 5. The third-order valence-electron chi connectivity index (χ3n) is 3.11. The molecular formula is C12H15ClN6O. The van der Waals surface area contributed by atoms with Crippen LogP contribution in [0.3, 0.4) is 0 Å². The summed E-state index contributed by atoms with van der Waals surface area (Å²) >= 11 is 6.01. The van der Waals surface area contributed by atoms with Gasteiger partial charge in [-0.2, -0.15) is 20.1 Å². The molecule has 1 aliphatic rings. The summed E-state index contributed by atoms with van der Waals surface area (Å²) in [6.45, 7) is 5.69. The number of halogens is 1. The lowest BCUT2D eigenvalue weighted by Gasteiger charge is -2.26. The molecule has 2 aromatic heterocycles. The lowest BCUT2D eigenvalue weighted by molar-refractivity contribution is 0.122. The van der Waals surface area contributed by atoms with E-state index in [1.807, 2.05) is 22.7 Å². The fraction of sp³-hybridized carbons (Fsp3) is 0.500. The average molecular weight is 295 g/mol. The van der Waals surface area contributed by atoms with Crippen LogP contribution in [-0.4, -0.2) is 51.0 Å². The van der Waals surface area contributed by atoms with Gasteiger partial charge < -0.3 is 9.64 Å². The molecule has 0 bridgehead atoms. The van der Waals surface area contributed by atoms with Crippen LogP contribution in [0.2, 0.25) is 5.28 Å². The van der Waals surface area contributed by atoms with Gasteiger partial charge in [0.1, 0.15) is 0 Å². The van der Waals surface area contributed by atoms with Crippen LogP contribution in [0.5, 0.6) is 0 Å². The van der Waals surface area contributed by atoms with Crippen molar-refractivity contribution in [2.24, 2.45) is 0 Å². The molecule has 8 heteroatoms. The van der Waals surface area contributed by atoms with Crippen LogP contribution in [0.1, 0.15) is 6.92 Å². The second kappa shape index (κ2) is 5.72. The number of hydrogen-bond acceptors (Lipinski definition) is 6. The molecule has 0 N–H and O–H groups in total. The molecule has 7 nitrogen and oxygen atoms in total. The average Bonchev–Trinajstić information content (AvgIpc) is 2.96. The number of anilines is 1. The van der Waals surface area contributed by atoms with Crippen LogP contribution in [0.4, 0.5) is 5.95 Å². The summed E-state index contributed by atoms with van der Waals surface area (Å²) < 4.78 is 7.15. The van der Waals surface area contributed by atoms with E-state index in [0.717, 1.165) is 25.2 Å². The third kappa shape index (κ3) is 2.73. The maximum absolute atomic E-state index is 6.01. The number of ether oxygens (including phenoxy) is 1. The first-order valence-corrected chi connectivity index (χ1v) is 6.91. The van der Waals surface area contributed by atoms with Crippen molar-refractivity contribution in [3.05, 3.63) is 17.7 Å². The zero-order valence-electron chi connectivity index (χ0n) is 11.2. The Kier molecular flexibility index (Phi) is 3.79. The van der Waals surface area contributed by atoms with Gasteiger partial charge in [-0.25, -0.2) is 0 Å². The van der Waals surface area contributed by atoms with E-state index in [2.05, 4.69) is 20.1 Å². The Morgan fingerprint density at radius 3 is 2.75 bits per heavy atom. The van der Waals surface area contributed by atoms with Crippen LogP contribution >= 0.6 is 11.6 Å². The summed E-state index contributed by atoms with van der Waals surface area (Å²) in [6, 6.07) is 0. The Labute approximate surface area is 121 Å². The predicted molar refractivity (Wildman–Crippen MR) is 74.8 cm³/mol. The monoisotopic (exact) mass is 294 g/mol. The van der Waals surface area contributed by atoms with E-state index in [1.54, 1.807) is 6.20 Å². The predicted octanol–water partition coefficient (Wildman–Crippen LogP) is 1.24. The number of morpholine rings is 1. The van der Waals surface area contributed by atoms with E-state index >= 15 is 0 Å². The number of nitrogens with zero attached hydrogens (tertiary/aromatic N) is 6. The van der Waals surface area contributed by atoms with Gasteiger partial charge in [0.15, 0.2) is 5.82 Å². The molecule has 1 saturated heterocycles. The van der Waals surface area contributed by atoms with Crippen molar-refractivity contribution in [3.8, 4) is 11.4 Å². The Bertz CT molecular complexity index is 595. The van der Waals surface area contributed by atoms with E-state index in [1.165, 1.54) is 0 Å². The maximum atomic E-state index is 6.01. The molecule has 0 radical (unpaired) electrons. The standard InChI is InChI=1S/C12H15ClN6O/c1-2-19-8-9(7-14-19)10-15-11(13)17-12(16-10)18-3-5-20-6-4-18/h7-8H,2-6H2,1H3. The Hall–Kier alpha value is -1.73. The summed E-state index contributed by atoms with van der Waals surface area (Å²) in [4.78, 5) is 14.9. The topological polar surface area (TPSA) is 69.0 Å². The minimum Gasteiger partial charge on any atom is -0.378 e. The van der Waals surface area contributed by atoms with Crippen molar-refractivity contribution in [3.63, 3.8) is 0 Å². The van der Waals surface area contributed by atoms with Gasteiger partial charge in [0, 0.05) is 25.8 Å². The van der Waals surface area contributed by atoms with Gasteiger partial charge >= 0.3 is 0 Å². The Morgan fingerprint density at radius 2 is 2.05 bits per heavy atom. The smallest absolute Gasteiger partial charge is 0.230 e. The van der Waals surface area contributed by atoms with Crippen molar-refractivity contribution in [2.75, 3.05) is 31.2 Å². The largest absolute Gasteiger partial charge is 0.378 e. The summed E-state index contributed by atoms with van der Waals surface area (Å²) in [7, 11) is 0. The highest BCUT2D eigenvalue weighted by atomic mass is 35.5. The lowest BCUT2D eigenvalue weighted by Crippen LogP contribution is -2.37. The first-order valence-electron chi connectivity index (χ1n) is 6.53. The molecule has 2 aromatic rings. The van der Waals surface area contributed by atoms with Gasteiger partial charge in [-0.1, -0.05) is 0 Å². The Balaban J connectivity index is 1.93. The fourth-order valence-electron chi connectivity index (χ4n) is 2.03. The zero-order chi connectivity index (χ0) is 13.9. The van der Waals surface area contributed by atoms with Gasteiger partial charge in [-0.15, -0.1) is 0 Å². The second-order valence-corrected chi connectivity index (χ2v) is 4.75. The van der Waals surface area contributed by atoms with Crippen LogP contribution in [-0.2, 0) is 11.3 Å². The molecule has 0 spiro atoms. The molecule has 1 fully saturated rings. The minimum absolute atomic E-state index is 0.195. The summed E-state index contributed by atoms with van der Waals surface area (Å²) in [6.07, 6.45) is 3.63. The van der Waals surface area contributed by atoms with E-state index in [0.29, 0.717) is 25.0 Å². The quantitative estimate of drug-likeness (QED) is 0.848. The van der Waals surface area contributed by atoms with Gasteiger partial charge in [-0.3, -0.25) is 4.68 Å². The van der Waals surface area contributed by atoms with Gasteiger partial charge in [0.05, 0.1) is 25.0 Å². The lowest BCUT2D eigenvalue weighted by atomic mass is 10.3. The highest BCUT2D eigenvalue weighted by molar-refractivity contribution is 6.28. The molecule has 106 valence electrons. The van der Waals surface area contributed by atoms with E-state index in [9.17, 15) is 0 Å².